The predicted octanol–water partition coefficient (Wildman–Crippen LogP) is 1.76. The molecule has 1 atom stereocenters. The first-order valence-electron chi connectivity index (χ1n) is 6.79. The highest BCUT2D eigenvalue weighted by atomic mass is 32.2. The zero-order valence-electron chi connectivity index (χ0n) is 11.5. The van der Waals surface area contributed by atoms with Crippen molar-refractivity contribution in [2.24, 2.45) is 0 Å². The van der Waals surface area contributed by atoms with Crippen molar-refractivity contribution in [3.05, 3.63) is 32.9 Å². The monoisotopic (exact) mass is 324 g/mol. The van der Waals surface area contributed by atoms with E-state index in [1.807, 2.05) is 24.4 Å². The van der Waals surface area contributed by atoms with Crippen LogP contribution in [0, 0.1) is 0 Å². The van der Waals surface area contributed by atoms with Gasteiger partial charge in [0.25, 0.3) is 0 Å². The minimum Gasteiger partial charge on any atom is -0.350 e. The van der Waals surface area contributed by atoms with Crippen molar-refractivity contribution in [3.63, 3.8) is 0 Å². The van der Waals surface area contributed by atoms with E-state index in [4.69, 9.17) is 0 Å². The number of hydrogen-bond acceptors (Lipinski definition) is 5. The highest BCUT2D eigenvalue weighted by Crippen LogP contribution is 2.36. The average molecular weight is 324 g/mol. The van der Waals surface area contributed by atoms with E-state index in [9.17, 15) is 9.59 Å². The second-order valence-corrected chi connectivity index (χ2v) is 7.31. The zero-order chi connectivity index (χ0) is 14.8. The summed E-state index contributed by atoms with van der Waals surface area (Å²) in [4.78, 5) is 24.9. The molecule has 2 heterocycles. The number of thioether (sulfide) groups is 1. The molecule has 1 aliphatic carbocycles. The van der Waals surface area contributed by atoms with Gasteiger partial charge in [-0.1, -0.05) is 17.8 Å². The van der Waals surface area contributed by atoms with Gasteiger partial charge in [-0.05, 0) is 31.2 Å². The summed E-state index contributed by atoms with van der Waals surface area (Å²) < 4.78 is 1.66. The van der Waals surface area contributed by atoms with Crippen molar-refractivity contribution in [1.82, 2.24) is 20.1 Å². The molecule has 6 nitrogen and oxygen atoms in total. The average Bonchev–Trinajstić information content (AvgIpc) is 3.03. The number of aromatic nitrogens is 3. The van der Waals surface area contributed by atoms with Crippen LogP contribution in [0.4, 0.5) is 0 Å². The third kappa shape index (κ3) is 3.38. The molecule has 112 valence electrons. The molecule has 0 spiro atoms. The third-order valence-electron chi connectivity index (χ3n) is 3.25. The van der Waals surface area contributed by atoms with Gasteiger partial charge in [0.15, 0.2) is 5.16 Å². The summed E-state index contributed by atoms with van der Waals surface area (Å²) in [5, 5.41) is 11.7. The van der Waals surface area contributed by atoms with Gasteiger partial charge >= 0.3 is 5.69 Å². The Morgan fingerprint density at radius 2 is 2.48 bits per heavy atom. The molecule has 0 radical (unpaired) electrons. The molecule has 3 rings (SSSR count). The Hall–Kier alpha value is -1.54. The summed E-state index contributed by atoms with van der Waals surface area (Å²) in [6.07, 6.45) is 2.01. The Bertz CT molecular complexity index is 673. The molecule has 1 aliphatic rings. The second kappa shape index (κ2) is 6.07. The Balaban J connectivity index is 1.59. The molecule has 21 heavy (non-hydrogen) atoms. The van der Waals surface area contributed by atoms with E-state index in [1.54, 1.807) is 15.9 Å². The van der Waals surface area contributed by atoms with Crippen molar-refractivity contribution in [2.45, 2.75) is 42.8 Å². The Labute approximate surface area is 130 Å². The van der Waals surface area contributed by atoms with Crippen LogP contribution in [0.5, 0.6) is 0 Å². The molecule has 1 amide bonds. The Morgan fingerprint density at radius 3 is 3.14 bits per heavy atom. The van der Waals surface area contributed by atoms with Crippen LogP contribution < -0.4 is 11.0 Å². The maximum Gasteiger partial charge on any atom is 0.344 e. The van der Waals surface area contributed by atoms with Crippen LogP contribution in [0.3, 0.4) is 0 Å². The number of carbonyl (C=O) groups excluding carboxylic acids is 1. The lowest BCUT2D eigenvalue weighted by atomic mass is 10.4. The van der Waals surface area contributed by atoms with Crippen LogP contribution in [-0.4, -0.2) is 25.9 Å². The lowest BCUT2D eigenvalue weighted by molar-refractivity contribution is -0.120. The van der Waals surface area contributed by atoms with Gasteiger partial charge in [0.05, 0.1) is 11.8 Å². The van der Waals surface area contributed by atoms with E-state index < -0.39 is 0 Å². The van der Waals surface area contributed by atoms with Gasteiger partial charge in [-0.25, -0.2) is 9.89 Å². The fourth-order valence-electron chi connectivity index (χ4n) is 1.97. The first kappa shape index (κ1) is 14.4. The predicted molar refractivity (Wildman–Crippen MR) is 82.6 cm³/mol. The van der Waals surface area contributed by atoms with Crippen molar-refractivity contribution >= 4 is 29.0 Å². The van der Waals surface area contributed by atoms with Crippen molar-refractivity contribution in [1.29, 1.82) is 0 Å². The molecule has 1 fully saturated rings. The Morgan fingerprint density at radius 1 is 1.67 bits per heavy atom. The van der Waals surface area contributed by atoms with Gasteiger partial charge in [0.2, 0.25) is 5.91 Å². The number of rotatable bonds is 6. The van der Waals surface area contributed by atoms with Crippen LogP contribution >= 0.6 is 23.1 Å². The number of carbonyl (C=O) groups is 1. The standard InChI is InChI=1S/C13H16N4O2S2/c1-8(11(18)14-7-10-3-2-6-20-10)21-13-16-15-12(19)17(13)9-4-5-9/h2-3,6,8-9H,4-5,7H2,1H3,(H,14,18)(H,15,19). The number of nitrogens with one attached hydrogen (secondary N) is 2. The van der Waals surface area contributed by atoms with Gasteiger partial charge in [0.1, 0.15) is 0 Å². The molecule has 1 unspecified atom stereocenters. The molecule has 0 saturated heterocycles. The summed E-state index contributed by atoms with van der Waals surface area (Å²) in [6.45, 7) is 2.36. The normalized spacial score (nSPS) is 15.9. The van der Waals surface area contributed by atoms with Gasteiger partial charge in [-0.2, -0.15) is 0 Å². The summed E-state index contributed by atoms with van der Waals surface area (Å²) in [7, 11) is 0. The fourth-order valence-corrected chi connectivity index (χ4v) is 3.57. The van der Waals surface area contributed by atoms with Crippen LogP contribution in [0.15, 0.2) is 27.5 Å². The highest BCUT2D eigenvalue weighted by molar-refractivity contribution is 8.00. The summed E-state index contributed by atoms with van der Waals surface area (Å²) in [5.74, 6) is -0.0498. The number of amides is 1. The first-order valence-corrected chi connectivity index (χ1v) is 8.54. The first-order chi connectivity index (χ1) is 10.1. The van der Waals surface area contributed by atoms with Crippen LogP contribution in [-0.2, 0) is 11.3 Å². The zero-order valence-corrected chi connectivity index (χ0v) is 13.2. The van der Waals surface area contributed by atoms with Crippen molar-refractivity contribution < 1.29 is 4.79 Å². The topological polar surface area (TPSA) is 79.8 Å². The minimum absolute atomic E-state index is 0.0498. The molecular weight excluding hydrogens is 308 g/mol. The lowest BCUT2D eigenvalue weighted by Gasteiger charge is -2.11. The number of nitrogens with zero attached hydrogens (tertiary/aromatic N) is 2. The van der Waals surface area contributed by atoms with Crippen LogP contribution in [0.25, 0.3) is 0 Å². The molecule has 1 saturated carbocycles. The van der Waals surface area contributed by atoms with E-state index in [1.165, 1.54) is 11.8 Å². The van der Waals surface area contributed by atoms with Gasteiger partial charge in [-0.15, -0.1) is 16.4 Å². The Kier molecular flexibility index (Phi) is 4.16. The van der Waals surface area contributed by atoms with E-state index >= 15 is 0 Å². The lowest BCUT2D eigenvalue weighted by Crippen LogP contribution is -2.30. The molecule has 0 aliphatic heterocycles. The van der Waals surface area contributed by atoms with E-state index in [0.29, 0.717) is 11.7 Å². The maximum atomic E-state index is 12.1. The molecule has 2 aromatic rings. The fraction of sp³-hybridized carbons (Fsp3) is 0.462. The summed E-state index contributed by atoms with van der Waals surface area (Å²) in [6, 6.07) is 4.20. The van der Waals surface area contributed by atoms with Crippen LogP contribution in [0.1, 0.15) is 30.7 Å². The van der Waals surface area contributed by atoms with Crippen LogP contribution in [0.2, 0.25) is 0 Å². The molecular formula is C13H16N4O2S2. The van der Waals surface area contributed by atoms with E-state index in [2.05, 4.69) is 15.5 Å². The number of hydrogen-bond donors (Lipinski definition) is 2. The van der Waals surface area contributed by atoms with E-state index in [-0.39, 0.29) is 22.9 Å². The van der Waals surface area contributed by atoms with Gasteiger partial charge in [0, 0.05) is 10.9 Å². The molecule has 8 heteroatoms. The maximum absolute atomic E-state index is 12.1. The largest absolute Gasteiger partial charge is 0.350 e. The van der Waals surface area contributed by atoms with E-state index in [0.717, 1.165) is 17.7 Å². The molecule has 0 aromatic carbocycles. The SMILES string of the molecule is CC(Sc1n[nH]c(=O)n1C1CC1)C(=O)NCc1cccs1. The quantitative estimate of drug-likeness (QED) is 0.794. The molecule has 2 aromatic heterocycles. The van der Waals surface area contributed by atoms with Gasteiger partial charge < -0.3 is 5.32 Å². The third-order valence-corrected chi connectivity index (χ3v) is 5.20. The van der Waals surface area contributed by atoms with Crippen molar-refractivity contribution in [2.75, 3.05) is 0 Å². The summed E-state index contributed by atoms with van der Waals surface area (Å²) in [5.41, 5.74) is -0.189. The number of thiophene rings is 1. The highest BCUT2D eigenvalue weighted by Gasteiger charge is 2.30. The van der Waals surface area contributed by atoms with Crippen molar-refractivity contribution in [3.8, 4) is 0 Å². The number of H-pyrrole nitrogens is 1. The molecule has 2 N–H and O–H groups in total. The second-order valence-electron chi connectivity index (χ2n) is 4.97. The number of aromatic amines is 1. The summed E-state index contributed by atoms with van der Waals surface area (Å²) >= 11 is 2.93. The minimum atomic E-state index is -0.294. The smallest absolute Gasteiger partial charge is 0.344 e. The molecule has 0 bridgehead atoms. The van der Waals surface area contributed by atoms with Gasteiger partial charge in [-0.3, -0.25) is 9.36 Å².